The smallest absolute Gasteiger partial charge is 0.216 e. The lowest BCUT2D eigenvalue weighted by atomic mass is 10.0. The summed E-state index contributed by atoms with van der Waals surface area (Å²) >= 11 is 0. The Morgan fingerprint density at radius 1 is 0.523 bits per heavy atom. The molecule has 0 amide bonds. The highest BCUT2D eigenvalue weighted by Gasteiger charge is 2.29. The quantitative estimate of drug-likeness (QED) is 0.267. The van der Waals surface area contributed by atoms with Gasteiger partial charge in [0.2, 0.25) is 11.8 Å². The lowest BCUT2D eigenvalue weighted by molar-refractivity contribution is 0.279. The molecule has 0 spiro atoms. The highest BCUT2D eigenvalue weighted by Crippen LogP contribution is 2.28. The summed E-state index contributed by atoms with van der Waals surface area (Å²) in [4.78, 5) is 19.6. The maximum atomic E-state index is 5.86. The van der Waals surface area contributed by atoms with Crippen molar-refractivity contribution in [3.8, 4) is 11.1 Å². The second kappa shape index (κ2) is 10.9. The number of hydrogen-bond donors (Lipinski definition) is 1. The van der Waals surface area contributed by atoms with Gasteiger partial charge in [-0.25, -0.2) is 20.0 Å². The van der Waals surface area contributed by atoms with Crippen molar-refractivity contribution in [2.24, 2.45) is 20.0 Å². The van der Waals surface area contributed by atoms with Crippen LogP contribution in [0.25, 0.3) is 11.1 Å². The predicted octanol–water partition coefficient (Wildman–Crippen LogP) is 6.96. The van der Waals surface area contributed by atoms with Gasteiger partial charge in [-0.3, -0.25) is 0 Å². The van der Waals surface area contributed by atoms with Crippen molar-refractivity contribution in [1.82, 2.24) is 5.32 Å². The van der Waals surface area contributed by atoms with Crippen LogP contribution in [0, 0.1) is 0 Å². The maximum absolute atomic E-state index is 5.86. The Balaban J connectivity index is 1.21. The van der Waals surface area contributed by atoms with Gasteiger partial charge in [-0.2, -0.15) is 0 Å². The average molecular weight is 582 g/mol. The number of rotatable bonds is 6. The molecule has 1 atom stereocenters. The minimum atomic E-state index is -0.421. The molecular weight excluding hydrogens is 546 g/mol. The largest absolute Gasteiger partial charge is 0.475 e. The molecule has 0 saturated carbocycles. The van der Waals surface area contributed by atoms with Gasteiger partial charge in [0.15, 0.2) is 6.17 Å². The lowest BCUT2D eigenvalue weighted by Crippen LogP contribution is -2.36. The minimum Gasteiger partial charge on any atom is -0.475 e. The van der Waals surface area contributed by atoms with Crippen molar-refractivity contribution in [2.75, 3.05) is 13.2 Å². The summed E-state index contributed by atoms with van der Waals surface area (Å²) in [6.07, 6.45) is -0.421. The molecular formula is C37H35N5O2. The third kappa shape index (κ3) is 5.78. The van der Waals surface area contributed by atoms with Crippen LogP contribution in [0.4, 0.5) is 0 Å². The first kappa shape index (κ1) is 27.8. The first-order valence-corrected chi connectivity index (χ1v) is 15.0. The van der Waals surface area contributed by atoms with Crippen LogP contribution in [0.1, 0.15) is 61.7 Å². The van der Waals surface area contributed by atoms with Crippen molar-refractivity contribution in [1.29, 1.82) is 0 Å². The van der Waals surface area contributed by atoms with Crippen molar-refractivity contribution in [2.45, 2.75) is 44.9 Å². The molecule has 3 heterocycles. The van der Waals surface area contributed by atoms with E-state index in [-0.39, 0.29) is 11.1 Å². The van der Waals surface area contributed by atoms with Crippen molar-refractivity contribution in [3.05, 3.63) is 131 Å². The van der Waals surface area contributed by atoms with Crippen LogP contribution in [0.5, 0.6) is 0 Å². The number of hydrogen-bond acceptors (Lipinski definition) is 7. The Morgan fingerprint density at radius 2 is 0.932 bits per heavy atom. The number of nitrogens with one attached hydrogen (secondary N) is 1. The zero-order chi connectivity index (χ0) is 30.3. The molecule has 0 saturated heterocycles. The van der Waals surface area contributed by atoms with Crippen LogP contribution in [0.15, 0.2) is 123 Å². The molecule has 0 bridgehead atoms. The van der Waals surface area contributed by atoms with Crippen molar-refractivity contribution in [3.63, 3.8) is 0 Å². The van der Waals surface area contributed by atoms with E-state index in [4.69, 9.17) is 29.4 Å². The van der Waals surface area contributed by atoms with Crippen molar-refractivity contribution < 1.29 is 9.47 Å². The molecule has 0 radical (unpaired) electrons. The number of nitrogens with zero attached hydrogens (tertiary/aromatic N) is 4. The van der Waals surface area contributed by atoms with Gasteiger partial charge in [0.05, 0.1) is 11.1 Å². The first-order chi connectivity index (χ1) is 21.2. The van der Waals surface area contributed by atoms with Gasteiger partial charge in [0.1, 0.15) is 24.9 Å². The van der Waals surface area contributed by atoms with E-state index < -0.39 is 6.17 Å². The van der Waals surface area contributed by atoms with E-state index in [2.05, 4.69) is 106 Å². The van der Waals surface area contributed by atoms with Gasteiger partial charge < -0.3 is 14.8 Å². The van der Waals surface area contributed by atoms with E-state index in [0.29, 0.717) is 25.0 Å². The van der Waals surface area contributed by atoms with Gasteiger partial charge in [0.25, 0.3) is 0 Å². The third-order valence-electron chi connectivity index (χ3n) is 7.80. The van der Waals surface area contributed by atoms with Gasteiger partial charge in [-0.05, 0) is 68.7 Å². The normalized spacial score (nSPS) is 20.0. The van der Waals surface area contributed by atoms with E-state index in [9.17, 15) is 0 Å². The summed E-state index contributed by atoms with van der Waals surface area (Å²) < 4.78 is 11.7. The zero-order valence-corrected chi connectivity index (χ0v) is 25.4. The Labute approximate surface area is 258 Å². The number of ether oxygens (including phenoxy) is 2. The Morgan fingerprint density at radius 3 is 1.39 bits per heavy atom. The van der Waals surface area contributed by atoms with Crippen LogP contribution in [-0.2, 0) is 9.47 Å². The molecule has 7 rings (SSSR count). The van der Waals surface area contributed by atoms with Crippen LogP contribution in [-0.4, -0.2) is 47.8 Å². The Kier molecular flexibility index (Phi) is 6.88. The SMILES string of the molecule is CC1(C)COC(c2ccc(C3=NC(c4ccc(C5=NC(C)(C)CO5)cc4)N=C(c4ccc(-c5ccccc5)cc4)N3)cc2)=N1. The highest BCUT2D eigenvalue weighted by atomic mass is 16.5. The molecule has 0 aromatic heterocycles. The summed E-state index contributed by atoms with van der Waals surface area (Å²) in [6.45, 7) is 9.46. The van der Waals surface area contributed by atoms with Crippen LogP contribution in [0.2, 0.25) is 0 Å². The van der Waals surface area contributed by atoms with E-state index in [1.165, 1.54) is 5.56 Å². The minimum absolute atomic E-state index is 0.208. The molecule has 7 nitrogen and oxygen atoms in total. The molecule has 44 heavy (non-hydrogen) atoms. The van der Waals surface area contributed by atoms with Crippen LogP contribution in [0.3, 0.4) is 0 Å². The second-order valence-electron chi connectivity index (χ2n) is 12.6. The van der Waals surface area contributed by atoms with E-state index >= 15 is 0 Å². The molecule has 0 aliphatic carbocycles. The number of benzene rings is 4. The number of amidine groups is 2. The Hall–Kier alpha value is -5.04. The molecule has 3 aliphatic rings. The van der Waals surface area contributed by atoms with Crippen molar-refractivity contribution >= 4 is 23.5 Å². The lowest BCUT2D eigenvalue weighted by Gasteiger charge is -2.22. The number of aliphatic imine (C=N–C) groups is 4. The van der Waals surface area contributed by atoms with Crippen LogP contribution < -0.4 is 5.32 Å². The molecule has 220 valence electrons. The highest BCUT2D eigenvalue weighted by molar-refractivity contribution is 6.16. The van der Waals surface area contributed by atoms with E-state index in [1.807, 2.05) is 30.3 Å². The zero-order valence-electron chi connectivity index (χ0n) is 25.4. The second-order valence-corrected chi connectivity index (χ2v) is 12.6. The van der Waals surface area contributed by atoms with Gasteiger partial charge in [0, 0.05) is 22.3 Å². The van der Waals surface area contributed by atoms with Crippen LogP contribution >= 0.6 is 0 Å². The molecule has 7 heteroatoms. The molecule has 3 aliphatic heterocycles. The standard InChI is InChI=1S/C37H35N5O2/c1-36(2)22-43-34(41-36)29-18-14-27(15-19-29)32-38-31(26-12-10-25(11-13-26)24-8-6-5-7-9-24)39-33(40-32)28-16-20-30(21-17-28)35-42-37(3,4)23-44-35/h5-21,32H,22-23H2,1-4H3,(H,38,39,40). The van der Waals surface area contributed by atoms with E-state index in [1.54, 1.807) is 0 Å². The first-order valence-electron chi connectivity index (χ1n) is 15.0. The maximum Gasteiger partial charge on any atom is 0.216 e. The molecule has 4 aromatic rings. The van der Waals surface area contributed by atoms with Gasteiger partial charge >= 0.3 is 0 Å². The van der Waals surface area contributed by atoms with E-state index in [0.717, 1.165) is 45.1 Å². The fourth-order valence-corrected chi connectivity index (χ4v) is 5.38. The summed E-state index contributed by atoms with van der Waals surface area (Å²) in [5.41, 5.74) is 6.75. The molecule has 0 fully saturated rings. The summed E-state index contributed by atoms with van der Waals surface area (Å²) in [5, 5.41) is 3.51. The topological polar surface area (TPSA) is 79.9 Å². The Bertz CT molecular complexity index is 1800. The summed E-state index contributed by atoms with van der Waals surface area (Å²) in [6, 6.07) is 35.2. The average Bonchev–Trinajstić information content (AvgIpc) is 3.62. The van der Waals surface area contributed by atoms with Gasteiger partial charge in [-0.1, -0.05) is 78.9 Å². The third-order valence-corrected chi connectivity index (χ3v) is 7.80. The fraction of sp³-hybridized carbons (Fsp3) is 0.243. The molecule has 1 N–H and O–H groups in total. The van der Waals surface area contributed by atoms with Gasteiger partial charge in [-0.15, -0.1) is 0 Å². The fourth-order valence-electron chi connectivity index (χ4n) is 5.38. The molecule has 1 unspecified atom stereocenters. The summed E-state index contributed by atoms with van der Waals surface area (Å²) in [7, 11) is 0. The molecule has 4 aromatic carbocycles. The summed E-state index contributed by atoms with van der Waals surface area (Å²) in [5.74, 6) is 2.88. The predicted molar refractivity (Wildman–Crippen MR) is 177 cm³/mol. The monoisotopic (exact) mass is 581 g/mol.